The number of methoxy groups -OCH3 is 1. The van der Waals surface area contributed by atoms with Gasteiger partial charge in [0, 0.05) is 24.9 Å². The average molecular weight is 515 g/mol. The van der Waals surface area contributed by atoms with Gasteiger partial charge in [0.1, 0.15) is 5.75 Å². The fourth-order valence-electron chi connectivity index (χ4n) is 3.86. The van der Waals surface area contributed by atoms with Crippen LogP contribution in [0.4, 0.5) is 5.69 Å². The monoisotopic (exact) mass is 514 g/mol. The van der Waals surface area contributed by atoms with Gasteiger partial charge in [-0.25, -0.2) is 4.79 Å². The molecule has 2 unspecified atom stereocenters. The number of thioether (sulfide) groups is 1. The molecule has 3 rings (SSSR count). The highest BCUT2D eigenvalue weighted by molar-refractivity contribution is 8.00. The Morgan fingerprint density at radius 1 is 1.11 bits per heavy atom. The molecule has 0 N–H and O–H groups in total. The van der Waals surface area contributed by atoms with Gasteiger partial charge in [0.25, 0.3) is 5.91 Å². The molecule has 2 atom stereocenters. The lowest BCUT2D eigenvalue weighted by atomic mass is 10.1. The van der Waals surface area contributed by atoms with Crippen LogP contribution in [0.2, 0.25) is 0 Å². The van der Waals surface area contributed by atoms with Crippen LogP contribution >= 0.6 is 11.8 Å². The number of likely N-dealkylation sites (N-methyl/N-ethyl adjacent to an activating group) is 1. The second-order valence-corrected chi connectivity index (χ2v) is 9.93. The molecular formula is C27H34N2O6S. The van der Waals surface area contributed by atoms with Crippen molar-refractivity contribution in [3.05, 3.63) is 53.6 Å². The van der Waals surface area contributed by atoms with Gasteiger partial charge in [-0.1, -0.05) is 31.5 Å². The molecule has 1 aliphatic heterocycles. The van der Waals surface area contributed by atoms with Gasteiger partial charge in [0.2, 0.25) is 0 Å². The number of hydrogen-bond acceptors (Lipinski definition) is 8. The fraction of sp³-hybridized carbons (Fsp3) is 0.444. The van der Waals surface area contributed by atoms with E-state index in [1.54, 1.807) is 36.3 Å². The second kappa shape index (κ2) is 12.8. The molecule has 194 valence electrons. The molecule has 2 aromatic carbocycles. The molecule has 1 heterocycles. The molecule has 36 heavy (non-hydrogen) atoms. The van der Waals surface area contributed by atoms with Crippen molar-refractivity contribution in [3.8, 4) is 5.75 Å². The van der Waals surface area contributed by atoms with E-state index in [1.807, 2.05) is 44.1 Å². The predicted molar refractivity (Wildman–Crippen MR) is 140 cm³/mol. The van der Waals surface area contributed by atoms with Gasteiger partial charge in [-0.15, -0.1) is 11.8 Å². The third-order valence-corrected chi connectivity index (χ3v) is 7.21. The molecule has 0 saturated heterocycles. The lowest BCUT2D eigenvalue weighted by Gasteiger charge is -2.28. The summed E-state index contributed by atoms with van der Waals surface area (Å²) in [6, 6.07) is 12.6. The SMILES string of the molecule is CCCCOC(=O)c1cccc2c1SC(c1ccc(OC)cc1)C(OC(C)=O)C(=O)N2CCN(C)C. The van der Waals surface area contributed by atoms with Crippen LogP contribution in [0.3, 0.4) is 0 Å². The van der Waals surface area contributed by atoms with Gasteiger partial charge in [-0.3, -0.25) is 9.59 Å². The average Bonchev–Trinajstić information content (AvgIpc) is 2.97. The van der Waals surface area contributed by atoms with E-state index >= 15 is 0 Å². The lowest BCUT2D eigenvalue weighted by molar-refractivity contribution is -0.152. The minimum Gasteiger partial charge on any atom is -0.497 e. The summed E-state index contributed by atoms with van der Waals surface area (Å²) in [6.07, 6.45) is 0.592. The Bertz CT molecular complexity index is 1070. The zero-order valence-electron chi connectivity index (χ0n) is 21.5. The smallest absolute Gasteiger partial charge is 0.339 e. The van der Waals surface area contributed by atoms with E-state index in [-0.39, 0.29) is 5.91 Å². The number of carbonyl (C=O) groups excluding carboxylic acids is 3. The first kappa shape index (κ1) is 27.5. The largest absolute Gasteiger partial charge is 0.497 e. The normalized spacial score (nSPS) is 17.4. The third kappa shape index (κ3) is 6.59. The zero-order chi connectivity index (χ0) is 26.2. The number of ether oxygens (including phenoxy) is 3. The molecule has 0 fully saturated rings. The molecule has 0 aliphatic carbocycles. The first-order chi connectivity index (χ1) is 17.3. The number of unbranched alkanes of at least 4 members (excludes halogenated alkanes) is 1. The molecule has 2 aromatic rings. The number of amides is 1. The molecule has 1 amide bonds. The van der Waals surface area contributed by atoms with Crippen molar-refractivity contribution >= 4 is 35.3 Å². The van der Waals surface area contributed by atoms with Crippen LogP contribution in [0.1, 0.15) is 47.9 Å². The van der Waals surface area contributed by atoms with Crippen molar-refractivity contribution in [2.45, 2.75) is 42.9 Å². The molecule has 9 heteroatoms. The quantitative estimate of drug-likeness (QED) is 0.342. The lowest BCUT2D eigenvalue weighted by Crippen LogP contribution is -2.45. The summed E-state index contributed by atoms with van der Waals surface area (Å²) in [5.74, 6) is -0.658. The number of hydrogen-bond donors (Lipinski definition) is 0. The number of nitrogens with zero attached hydrogens (tertiary/aromatic N) is 2. The zero-order valence-corrected chi connectivity index (χ0v) is 22.3. The van der Waals surface area contributed by atoms with Crippen LogP contribution in [-0.2, 0) is 19.1 Å². The Kier molecular flexibility index (Phi) is 9.78. The van der Waals surface area contributed by atoms with Crippen molar-refractivity contribution in [2.24, 2.45) is 0 Å². The van der Waals surface area contributed by atoms with Crippen molar-refractivity contribution in [1.29, 1.82) is 0 Å². The second-order valence-electron chi connectivity index (χ2n) is 8.78. The van der Waals surface area contributed by atoms with E-state index in [0.717, 1.165) is 18.4 Å². The fourth-order valence-corrected chi connectivity index (χ4v) is 5.28. The summed E-state index contributed by atoms with van der Waals surface area (Å²) in [5, 5.41) is -0.583. The van der Waals surface area contributed by atoms with Crippen LogP contribution in [0.15, 0.2) is 47.4 Å². The van der Waals surface area contributed by atoms with Crippen LogP contribution in [0.25, 0.3) is 0 Å². The van der Waals surface area contributed by atoms with E-state index in [4.69, 9.17) is 14.2 Å². The summed E-state index contributed by atoms with van der Waals surface area (Å²) in [5.41, 5.74) is 1.76. The molecule has 0 aromatic heterocycles. The number of carbonyl (C=O) groups is 3. The first-order valence-corrected chi connectivity index (χ1v) is 12.9. The summed E-state index contributed by atoms with van der Waals surface area (Å²) in [7, 11) is 5.42. The van der Waals surface area contributed by atoms with Crippen molar-refractivity contribution in [1.82, 2.24) is 4.90 Å². The first-order valence-electron chi connectivity index (χ1n) is 12.0. The van der Waals surface area contributed by atoms with Gasteiger partial charge in [-0.2, -0.15) is 0 Å². The summed E-state index contributed by atoms with van der Waals surface area (Å²) < 4.78 is 16.5. The van der Waals surface area contributed by atoms with Gasteiger partial charge in [-0.05, 0) is 50.3 Å². The Hall–Kier alpha value is -3.04. The number of anilines is 1. The maximum atomic E-state index is 13.9. The molecule has 0 radical (unpaired) electrons. The molecular weight excluding hydrogens is 480 g/mol. The van der Waals surface area contributed by atoms with Crippen LogP contribution < -0.4 is 9.64 Å². The van der Waals surface area contributed by atoms with Crippen molar-refractivity contribution in [3.63, 3.8) is 0 Å². The van der Waals surface area contributed by atoms with Crippen LogP contribution in [0, 0.1) is 0 Å². The number of benzene rings is 2. The maximum absolute atomic E-state index is 13.9. The van der Waals surface area contributed by atoms with E-state index < -0.39 is 23.3 Å². The van der Waals surface area contributed by atoms with Gasteiger partial charge in [0.05, 0.1) is 30.2 Å². The Morgan fingerprint density at radius 2 is 1.83 bits per heavy atom. The van der Waals surface area contributed by atoms with Crippen molar-refractivity contribution < 1.29 is 28.6 Å². The van der Waals surface area contributed by atoms with Crippen LogP contribution in [-0.4, -0.2) is 69.8 Å². The van der Waals surface area contributed by atoms with E-state index in [2.05, 4.69) is 0 Å². The minimum atomic E-state index is -1.08. The molecule has 0 bridgehead atoms. The summed E-state index contributed by atoms with van der Waals surface area (Å²) >= 11 is 1.34. The van der Waals surface area contributed by atoms with Crippen molar-refractivity contribution in [2.75, 3.05) is 45.8 Å². The summed E-state index contributed by atoms with van der Waals surface area (Å²) in [4.78, 5) is 43.3. The molecule has 1 aliphatic rings. The predicted octanol–water partition coefficient (Wildman–Crippen LogP) is 4.33. The van der Waals surface area contributed by atoms with E-state index in [1.165, 1.54) is 18.7 Å². The number of fused-ring (bicyclic) bond motifs is 1. The highest BCUT2D eigenvalue weighted by Gasteiger charge is 2.42. The molecule has 8 nitrogen and oxygen atoms in total. The van der Waals surface area contributed by atoms with Crippen LogP contribution in [0.5, 0.6) is 5.75 Å². The third-order valence-electron chi connectivity index (χ3n) is 5.77. The maximum Gasteiger partial charge on any atom is 0.339 e. The highest BCUT2D eigenvalue weighted by atomic mass is 32.2. The standard InChI is InChI=1S/C27H34N2O6S/c1-6-7-17-34-27(32)21-9-8-10-22-25(21)36-24(19-11-13-20(33-5)14-12-19)23(35-18(2)30)26(31)29(22)16-15-28(3)4/h8-14,23-24H,6-7,15-17H2,1-5H3. The number of rotatable bonds is 10. The Balaban J connectivity index is 2.14. The summed E-state index contributed by atoms with van der Waals surface area (Å²) in [6.45, 7) is 4.59. The highest BCUT2D eigenvalue weighted by Crippen LogP contribution is 2.48. The van der Waals surface area contributed by atoms with Gasteiger partial charge >= 0.3 is 11.9 Å². The van der Waals surface area contributed by atoms with Gasteiger partial charge < -0.3 is 24.0 Å². The number of esters is 2. The Labute approximate surface area is 216 Å². The topological polar surface area (TPSA) is 85.4 Å². The minimum absolute atomic E-state index is 0.324. The Morgan fingerprint density at radius 3 is 2.44 bits per heavy atom. The van der Waals surface area contributed by atoms with E-state index in [9.17, 15) is 14.4 Å². The van der Waals surface area contributed by atoms with Gasteiger partial charge in [0.15, 0.2) is 6.10 Å². The molecule has 0 spiro atoms. The van der Waals surface area contributed by atoms with E-state index in [0.29, 0.717) is 41.6 Å². The molecule has 0 saturated carbocycles.